The molecule has 0 aliphatic heterocycles. The second-order valence-electron chi connectivity index (χ2n) is 2.63. The third-order valence-electron chi connectivity index (χ3n) is 1.52. The highest BCUT2D eigenvalue weighted by atomic mass is 32.1. The highest BCUT2D eigenvalue weighted by molar-refractivity contribution is 7.21. The molecule has 6 heteroatoms. The minimum absolute atomic E-state index is 0.243. The van der Waals surface area contributed by atoms with Crippen LogP contribution >= 0.6 is 22.7 Å². The third kappa shape index (κ3) is 1.66. The number of aryl methyl sites for hydroxylation is 1. The predicted octanol–water partition coefficient (Wildman–Crippen LogP) is 2.27. The molecule has 2 heterocycles. The van der Waals surface area contributed by atoms with Gasteiger partial charge in [-0.25, -0.2) is 14.8 Å². The zero-order valence-corrected chi connectivity index (χ0v) is 8.85. The van der Waals surface area contributed by atoms with Gasteiger partial charge in [-0.2, -0.15) is 0 Å². The molecule has 0 aliphatic rings. The average molecular weight is 226 g/mol. The van der Waals surface area contributed by atoms with E-state index in [1.807, 2.05) is 12.3 Å². The largest absolute Gasteiger partial charge is 0.477 e. The molecule has 0 atom stereocenters. The van der Waals surface area contributed by atoms with Crippen LogP contribution in [0.1, 0.15) is 15.4 Å². The van der Waals surface area contributed by atoms with E-state index in [1.54, 1.807) is 0 Å². The van der Waals surface area contributed by atoms with Gasteiger partial charge in [-0.05, 0) is 6.92 Å². The standard InChI is InChI=1S/C8H6N2O2S2/c1-4-3-13-7(10-4)6-9-2-5(14-6)8(11)12/h2-3H,1H3,(H,11,12). The lowest BCUT2D eigenvalue weighted by molar-refractivity contribution is 0.0702. The maximum absolute atomic E-state index is 10.6. The zero-order valence-electron chi connectivity index (χ0n) is 7.22. The van der Waals surface area contributed by atoms with Crippen LogP contribution in [0.2, 0.25) is 0 Å². The van der Waals surface area contributed by atoms with Crippen LogP contribution in [0.5, 0.6) is 0 Å². The summed E-state index contributed by atoms with van der Waals surface area (Å²) in [6, 6.07) is 0. The molecule has 0 radical (unpaired) electrons. The van der Waals surface area contributed by atoms with Crippen molar-refractivity contribution in [2.24, 2.45) is 0 Å². The van der Waals surface area contributed by atoms with Crippen LogP contribution in [-0.4, -0.2) is 21.0 Å². The molecule has 0 saturated carbocycles. The molecule has 14 heavy (non-hydrogen) atoms. The summed E-state index contributed by atoms with van der Waals surface area (Å²) in [7, 11) is 0. The van der Waals surface area contributed by atoms with Gasteiger partial charge in [0.2, 0.25) is 0 Å². The van der Waals surface area contributed by atoms with E-state index in [4.69, 9.17) is 5.11 Å². The minimum atomic E-state index is -0.943. The molecule has 0 amide bonds. The topological polar surface area (TPSA) is 63.1 Å². The van der Waals surface area contributed by atoms with E-state index < -0.39 is 5.97 Å². The smallest absolute Gasteiger partial charge is 0.347 e. The Morgan fingerprint density at radius 1 is 1.50 bits per heavy atom. The fourth-order valence-corrected chi connectivity index (χ4v) is 2.52. The van der Waals surface area contributed by atoms with Crippen LogP contribution in [0.15, 0.2) is 11.6 Å². The molecule has 0 unspecified atom stereocenters. The Bertz CT molecular complexity index is 475. The van der Waals surface area contributed by atoms with E-state index in [-0.39, 0.29) is 4.88 Å². The van der Waals surface area contributed by atoms with Gasteiger partial charge in [-0.1, -0.05) is 0 Å². The molecule has 0 saturated heterocycles. The van der Waals surface area contributed by atoms with E-state index in [1.165, 1.54) is 17.5 Å². The molecule has 2 aromatic rings. The number of carboxylic acid groups (broad SMARTS) is 1. The Hall–Kier alpha value is -1.27. The van der Waals surface area contributed by atoms with Crippen molar-refractivity contribution in [1.82, 2.24) is 9.97 Å². The van der Waals surface area contributed by atoms with Gasteiger partial charge < -0.3 is 5.11 Å². The molecule has 0 fully saturated rings. The second-order valence-corrected chi connectivity index (χ2v) is 4.52. The summed E-state index contributed by atoms with van der Waals surface area (Å²) in [6.07, 6.45) is 1.36. The van der Waals surface area contributed by atoms with E-state index in [2.05, 4.69) is 9.97 Å². The first-order chi connectivity index (χ1) is 6.66. The number of hydrogen-bond acceptors (Lipinski definition) is 5. The first kappa shape index (κ1) is 9.29. The number of rotatable bonds is 2. The van der Waals surface area contributed by atoms with Gasteiger partial charge in [0.25, 0.3) is 0 Å². The van der Waals surface area contributed by atoms with E-state index >= 15 is 0 Å². The molecule has 1 N–H and O–H groups in total. The molecular formula is C8H6N2O2S2. The summed E-state index contributed by atoms with van der Waals surface area (Å²) in [5.74, 6) is -0.943. The predicted molar refractivity (Wildman–Crippen MR) is 54.9 cm³/mol. The molecule has 0 spiro atoms. The lowest BCUT2D eigenvalue weighted by atomic mass is 10.6. The average Bonchev–Trinajstić information content (AvgIpc) is 2.70. The van der Waals surface area contributed by atoms with Gasteiger partial charge in [0.05, 0.1) is 6.20 Å². The lowest BCUT2D eigenvalue weighted by Crippen LogP contribution is -1.89. The molecule has 2 aromatic heterocycles. The number of nitrogens with zero attached hydrogens (tertiary/aromatic N) is 2. The quantitative estimate of drug-likeness (QED) is 0.853. The van der Waals surface area contributed by atoms with Crippen molar-refractivity contribution in [3.05, 3.63) is 22.1 Å². The van der Waals surface area contributed by atoms with E-state index in [9.17, 15) is 4.79 Å². The van der Waals surface area contributed by atoms with Gasteiger partial charge in [0.15, 0.2) is 10.0 Å². The van der Waals surface area contributed by atoms with Crippen LogP contribution in [-0.2, 0) is 0 Å². The molecule has 2 rings (SSSR count). The third-order valence-corrected chi connectivity index (χ3v) is 3.61. The summed E-state index contributed by atoms with van der Waals surface area (Å²) >= 11 is 2.62. The monoisotopic (exact) mass is 226 g/mol. The highest BCUT2D eigenvalue weighted by Gasteiger charge is 2.11. The van der Waals surface area contributed by atoms with Gasteiger partial charge in [0.1, 0.15) is 4.88 Å². The SMILES string of the molecule is Cc1csc(-c2ncc(C(=O)O)s2)n1. The number of thiazole rings is 2. The van der Waals surface area contributed by atoms with Gasteiger partial charge in [0, 0.05) is 11.1 Å². The first-order valence-electron chi connectivity index (χ1n) is 3.78. The summed E-state index contributed by atoms with van der Waals surface area (Å²) in [5, 5.41) is 12.1. The van der Waals surface area contributed by atoms with Gasteiger partial charge in [-0.3, -0.25) is 0 Å². The van der Waals surface area contributed by atoms with Crippen molar-refractivity contribution in [3.63, 3.8) is 0 Å². The Morgan fingerprint density at radius 2 is 2.29 bits per heavy atom. The van der Waals surface area contributed by atoms with Crippen molar-refractivity contribution in [2.75, 3.05) is 0 Å². The second kappa shape index (κ2) is 3.47. The maximum atomic E-state index is 10.6. The van der Waals surface area contributed by atoms with E-state index in [0.717, 1.165) is 22.0 Å². The van der Waals surface area contributed by atoms with Crippen molar-refractivity contribution < 1.29 is 9.90 Å². The molecule has 0 aromatic carbocycles. The fourth-order valence-electron chi connectivity index (χ4n) is 0.924. The lowest BCUT2D eigenvalue weighted by Gasteiger charge is -1.84. The number of aromatic carboxylic acids is 1. The Morgan fingerprint density at radius 3 is 2.79 bits per heavy atom. The van der Waals surface area contributed by atoms with Crippen LogP contribution < -0.4 is 0 Å². The molecular weight excluding hydrogens is 220 g/mol. The van der Waals surface area contributed by atoms with Crippen LogP contribution in [0.4, 0.5) is 0 Å². The van der Waals surface area contributed by atoms with Crippen molar-refractivity contribution >= 4 is 28.6 Å². The number of aromatic nitrogens is 2. The fraction of sp³-hybridized carbons (Fsp3) is 0.125. The normalized spacial score (nSPS) is 10.4. The van der Waals surface area contributed by atoms with Crippen molar-refractivity contribution in [3.8, 4) is 10.0 Å². The molecule has 72 valence electrons. The van der Waals surface area contributed by atoms with Crippen molar-refractivity contribution in [2.45, 2.75) is 6.92 Å². The minimum Gasteiger partial charge on any atom is -0.477 e. The molecule has 0 aliphatic carbocycles. The summed E-state index contributed by atoms with van der Waals surface area (Å²) < 4.78 is 0. The van der Waals surface area contributed by atoms with Gasteiger partial charge >= 0.3 is 5.97 Å². The highest BCUT2D eigenvalue weighted by Crippen LogP contribution is 2.27. The Kier molecular flexibility index (Phi) is 2.30. The van der Waals surface area contributed by atoms with Gasteiger partial charge in [-0.15, -0.1) is 22.7 Å². The summed E-state index contributed by atoms with van der Waals surface area (Å²) in [4.78, 5) is 19.1. The number of hydrogen-bond donors (Lipinski definition) is 1. The molecule has 0 bridgehead atoms. The maximum Gasteiger partial charge on any atom is 0.347 e. The van der Waals surface area contributed by atoms with E-state index in [0.29, 0.717) is 5.01 Å². The molecule has 4 nitrogen and oxygen atoms in total. The van der Waals surface area contributed by atoms with Crippen LogP contribution in [0, 0.1) is 6.92 Å². The summed E-state index contributed by atoms with van der Waals surface area (Å²) in [6.45, 7) is 1.89. The zero-order chi connectivity index (χ0) is 10.1. The van der Waals surface area contributed by atoms with Crippen LogP contribution in [0.3, 0.4) is 0 Å². The number of carbonyl (C=O) groups is 1. The summed E-state index contributed by atoms with van der Waals surface area (Å²) in [5.41, 5.74) is 0.928. The Labute approximate surface area is 87.9 Å². The Balaban J connectivity index is 2.38. The number of carboxylic acids is 1. The van der Waals surface area contributed by atoms with Crippen molar-refractivity contribution in [1.29, 1.82) is 0 Å². The van der Waals surface area contributed by atoms with Crippen LogP contribution in [0.25, 0.3) is 10.0 Å². The first-order valence-corrected chi connectivity index (χ1v) is 5.48.